The summed E-state index contributed by atoms with van der Waals surface area (Å²) in [5, 5.41) is 0. The van der Waals surface area contributed by atoms with Gasteiger partial charge in [0.05, 0.1) is 12.4 Å². The second-order valence-electron chi connectivity index (χ2n) is 5.79. The van der Waals surface area contributed by atoms with Gasteiger partial charge in [0, 0.05) is 13.7 Å². The van der Waals surface area contributed by atoms with E-state index in [4.69, 9.17) is 13.7 Å². The number of hydrogen-bond donors (Lipinski definition) is 0. The molecule has 1 atom stereocenters. The average molecular weight is 339 g/mol. The number of rotatable bonds is 16. The van der Waals surface area contributed by atoms with E-state index in [1.807, 2.05) is 0 Å². The van der Waals surface area contributed by atoms with E-state index < -0.39 is 10.1 Å². The standard InChI is InChI=1S/C16H34O5S/c1-4-5-12-16(21-22(3,17)18)13-10-8-6-7-9-11-14-20-15-19-2/h16H,4-15H2,1-3H3/t16-/m0/s1. The second-order valence-corrected chi connectivity index (χ2v) is 7.39. The maximum Gasteiger partial charge on any atom is 0.264 e. The summed E-state index contributed by atoms with van der Waals surface area (Å²) in [6, 6.07) is 0. The molecule has 0 spiro atoms. The van der Waals surface area contributed by atoms with Crippen molar-refractivity contribution < 1.29 is 22.1 Å². The molecule has 0 saturated heterocycles. The predicted molar refractivity (Wildman–Crippen MR) is 89.4 cm³/mol. The maximum atomic E-state index is 11.2. The Morgan fingerprint density at radius 3 is 2.09 bits per heavy atom. The second kappa shape index (κ2) is 14.4. The van der Waals surface area contributed by atoms with Gasteiger partial charge in [-0.1, -0.05) is 51.9 Å². The van der Waals surface area contributed by atoms with Crippen molar-refractivity contribution in [3.63, 3.8) is 0 Å². The van der Waals surface area contributed by atoms with Crippen molar-refractivity contribution in [2.75, 3.05) is 26.8 Å². The van der Waals surface area contributed by atoms with Gasteiger partial charge in [0.2, 0.25) is 0 Å². The lowest BCUT2D eigenvalue weighted by Crippen LogP contribution is -2.17. The quantitative estimate of drug-likeness (QED) is 0.243. The Kier molecular flexibility index (Phi) is 14.3. The Hall–Kier alpha value is -0.170. The lowest BCUT2D eigenvalue weighted by atomic mass is 10.0. The minimum Gasteiger partial charge on any atom is -0.359 e. The first kappa shape index (κ1) is 21.8. The van der Waals surface area contributed by atoms with Crippen LogP contribution in [0.3, 0.4) is 0 Å². The Balaban J connectivity index is 3.58. The maximum absolute atomic E-state index is 11.2. The Labute approximate surface area is 136 Å². The van der Waals surface area contributed by atoms with Gasteiger partial charge in [0.1, 0.15) is 6.79 Å². The minimum absolute atomic E-state index is 0.141. The molecule has 0 aromatic heterocycles. The van der Waals surface area contributed by atoms with Crippen LogP contribution in [0.2, 0.25) is 0 Å². The highest BCUT2D eigenvalue weighted by molar-refractivity contribution is 7.86. The molecular weight excluding hydrogens is 304 g/mol. The summed E-state index contributed by atoms with van der Waals surface area (Å²) in [7, 11) is -1.71. The molecule has 6 heteroatoms. The predicted octanol–water partition coefficient (Wildman–Crippen LogP) is 3.87. The molecule has 134 valence electrons. The first-order valence-corrected chi connectivity index (χ1v) is 10.3. The smallest absolute Gasteiger partial charge is 0.264 e. The van der Waals surface area contributed by atoms with Crippen LogP contribution in [0.4, 0.5) is 0 Å². The molecule has 0 amide bonds. The van der Waals surface area contributed by atoms with Crippen molar-refractivity contribution in [1.82, 2.24) is 0 Å². The first-order chi connectivity index (χ1) is 10.5. The molecule has 0 rings (SSSR count). The normalized spacial score (nSPS) is 13.4. The fourth-order valence-corrected chi connectivity index (χ4v) is 3.03. The van der Waals surface area contributed by atoms with Crippen LogP contribution in [-0.2, 0) is 23.8 Å². The van der Waals surface area contributed by atoms with Crippen LogP contribution >= 0.6 is 0 Å². The molecule has 0 aliphatic heterocycles. The highest BCUT2D eigenvalue weighted by atomic mass is 32.2. The zero-order valence-electron chi connectivity index (χ0n) is 14.5. The van der Waals surface area contributed by atoms with Gasteiger partial charge in [-0.2, -0.15) is 8.42 Å². The van der Waals surface area contributed by atoms with Crippen molar-refractivity contribution in [2.24, 2.45) is 0 Å². The zero-order valence-corrected chi connectivity index (χ0v) is 15.3. The lowest BCUT2D eigenvalue weighted by Gasteiger charge is -2.15. The molecule has 0 heterocycles. The third-order valence-electron chi connectivity index (χ3n) is 3.46. The van der Waals surface area contributed by atoms with Crippen LogP contribution in [0.1, 0.15) is 71.1 Å². The van der Waals surface area contributed by atoms with E-state index in [1.165, 1.54) is 19.3 Å². The van der Waals surface area contributed by atoms with E-state index in [0.29, 0.717) is 6.79 Å². The van der Waals surface area contributed by atoms with Crippen LogP contribution in [0.5, 0.6) is 0 Å². The molecule has 0 fully saturated rings. The van der Waals surface area contributed by atoms with E-state index in [9.17, 15) is 8.42 Å². The highest BCUT2D eigenvalue weighted by Gasteiger charge is 2.14. The van der Waals surface area contributed by atoms with E-state index >= 15 is 0 Å². The molecule has 0 N–H and O–H groups in total. The van der Waals surface area contributed by atoms with Gasteiger partial charge in [-0.05, 0) is 19.3 Å². The molecule has 0 bridgehead atoms. The molecule has 0 aromatic carbocycles. The van der Waals surface area contributed by atoms with Crippen molar-refractivity contribution in [1.29, 1.82) is 0 Å². The van der Waals surface area contributed by atoms with E-state index in [2.05, 4.69) is 6.92 Å². The van der Waals surface area contributed by atoms with Crippen LogP contribution in [0.15, 0.2) is 0 Å². The molecule has 0 radical (unpaired) electrons. The summed E-state index contributed by atoms with van der Waals surface area (Å²) in [5.74, 6) is 0. The summed E-state index contributed by atoms with van der Waals surface area (Å²) >= 11 is 0. The van der Waals surface area contributed by atoms with Gasteiger partial charge < -0.3 is 9.47 Å². The van der Waals surface area contributed by atoms with E-state index in [-0.39, 0.29) is 6.10 Å². The largest absolute Gasteiger partial charge is 0.359 e. The molecule has 0 unspecified atom stereocenters. The molecule has 22 heavy (non-hydrogen) atoms. The van der Waals surface area contributed by atoms with Gasteiger partial charge in [0.25, 0.3) is 10.1 Å². The highest BCUT2D eigenvalue weighted by Crippen LogP contribution is 2.16. The number of unbranched alkanes of at least 4 members (excludes halogenated alkanes) is 6. The van der Waals surface area contributed by atoms with Crippen LogP contribution in [0, 0.1) is 0 Å². The van der Waals surface area contributed by atoms with E-state index in [1.54, 1.807) is 7.11 Å². The van der Waals surface area contributed by atoms with Crippen LogP contribution in [-0.4, -0.2) is 41.3 Å². The third-order valence-corrected chi connectivity index (χ3v) is 4.08. The van der Waals surface area contributed by atoms with Crippen molar-refractivity contribution in [3.05, 3.63) is 0 Å². The van der Waals surface area contributed by atoms with Gasteiger partial charge in [-0.25, -0.2) is 0 Å². The Morgan fingerprint density at radius 1 is 0.909 bits per heavy atom. The summed E-state index contributed by atoms with van der Waals surface area (Å²) in [5.41, 5.74) is 0. The third kappa shape index (κ3) is 16.2. The first-order valence-electron chi connectivity index (χ1n) is 8.44. The van der Waals surface area contributed by atoms with Gasteiger partial charge in [0.15, 0.2) is 0 Å². The molecule has 5 nitrogen and oxygen atoms in total. The molecule has 0 aliphatic rings. The Bertz CT molecular complexity index is 329. The lowest BCUT2D eigenvalue weighted by molar-refractivity contribution is -0.0315. The SMILES string of the molecule is CCCC[C@@H](CCCCCCCCOCOC)OS(C)(=O)=O. The van der Waals surface area contributed by atoms with Crippen LogP contribution in [0.25, 0.3) is 0 Å². The summed E-state index contributed by atoms with van der Waals surface area (Å²) < 4.78 is 37.7. The molecular formula is C16H34O5S. The zero-order chi connectivity index (χ0) is 16.7. The monoisotopic (exact) mass is 338 g/mol. The summed E-state index contributed by atoms with van der Waals surface area (Å²) in [4.78, 5) is 0. The van der Waals surface area contributed by atoms with Gasteiger partial charge in [-0.15, -0.1) is 0 Å². The average Bonchev–Trinajstić information content (AvgIpc) is 2.45. The molecule has 0 aliphatic carbocycles. The number of ether oxygens (including phenoxy) is 2. The van der Waals surface area contributed by atoms with Crippen molar-refractivity contribution in [2.45, 2.75) is 77.2 Å². The number of hydrogen-bond acceptors (Lipinski definition) is 5. The number of methoxy groups -OCH3 is 1. The van der Waals surface area contributed by atoms with Crippen molar-refractivity contribution in [3.8, 4) is 0 Å². The van der Waals surface area contributed by atoms with E-state index in [0.717, 1.165) is 57.8 Å². The minimum atomic E-state index is -3.34. The fourth-order valence-electron chi connectivity index (χ4n) is 2.35. The van der Waals surface area contributed by atoms with Crippen molar-refractivity contribution >= 4 is 10.1 Å². The van der Waals surface area contributed by atoms with Gasteiger partial charge in [-0.3, -0.25) is 4.18 Å². The topological polar surface area (TPSA) is 61.8 Å². The summed E-state index contributed by atoms with van der Waals surface area (Å²) in [6.45, 7) is 3.24. The van der Waals surface area contributed by atoms with Crippen LogP contribution < -0.4 is 0 Å². The van der Waals surface area contributed by atoms with Gasteiger partial charge >= 0.3 is 0 Å². The Morgan fingerprint density at radius 2 is 1.50 bits per heavy atom. The fraction of sp³-hybridized carbons (Fsp3) is 1.00. The molecule has 0 saturated carbocycles. The molecule has 0 aromatic rings. The summed E-state index contributed by atoms with van der Waals surface area (Å²) in [6.07, 6.45) is 11.5.